The van der Waals surface area contributed by atoms with Gasteiger partial charge < -0.3 is 5.32 Å². The topological polar surface area (TPSA) is 59.8 Å². The number of nitrogens with zero attached hydrogens (tertiary/aromatic N) is 3. The van der Waals surface area contributed by atoms with Gasteiger partial charge in [0, 0.05) is 6.54 Å². The van der Waals surface area contributed by atoms with Crippen molar-refractivity contribution in [2.45, 2.75) is 19.8 Å². The number of para-hydroxylation sites is 1. The van der Waals surface area contributed by atoms with Crippen molar-refractivity contribution in [2.24, 2.45) is 0 Å². The molecule has 1 N–H and O–H groups in total. The van der Waals surface area contributed by atoms with Crippen LogP contribution in [0.25, 0.3) is 11.0 Å². The monoisotopic (exact) mass is 338 g/mol. The van der Waals surface area contributed by atoms with Crippen LogP contribution in [0.4, 0.5) is 9.18 Å². The Morgan fingerprint density at radius 3 is 2.88 bits per heavy atom. The Balaban J connectivity index is 1.55. The summed E-state index contributed by atoms with van der Waals surface area (Å²) >= 11 is 0. The first-order valence-electron chi connectivity index (χ1n) is 8.05. The molecule has 0 aliphatic rings. The smallest absolute Gasteiger partial charge is 0.336 e. The van der Waals surface area contributed by atoms with Crippen molar-refractivity contribution >= 4 is 17.1 Å². The molecule has 0 radical (unpaired) electrons. The quantitative estimate of drug-likeness (QED) is 0.723. The number of hydrogen-bond donors (Lipinski definition) is 1. The van der Waals surface area contributed by atoms with E-state index in [0.717, 1.165) is 11.1 Å². The lowest BCUT2D eigenvalue weighted by Crippen LogP contribution is -2.30. The van der Waals surface area contributed by atoms with Crippen molar-refractivity contribution in [3.05, 3.63) is 71.6 Å². The van der Waals surface area contributed by atoms with Crippen LogP contribution >= 0.6 is 0 Å². The van der Waals surface area contributed by atoms with Gasteiger partial charge in [0.25, 0.3) is 0 Å². The zero-order chi connectivity index (χ0) is 17.8. The van der Waals surface area contributed by atoms with Crippen molar-refractivity contribution in [3.63, 3.8) is 0 Å². The second-order valence-electron chi connectivity index (χ2n) is 5.92. The van der Waals surface area contributed by atoms with Gasteiger partial charge in [-0.2, -0.15) is 4.68 Å². The fourth-order valence-electron chi connectivity index (χ4n) is 2.64. The van der Waals surface area contributed by atoms with Gasteiger partial charge in [-0.3, -0.25) is 0 Å². The summed E-state index contributed by atoms with van der Waals surface area (Å²) in [6.07, 6.45) is 1.19. The van der Waals surface area contributed by atoms with Crippen LogP contribution in [0.2, 0.25) is 0 Å². The highest BCUT2D eigenvalue weighted by atomic mass is 19.1. The number of nitrogens with one attached hydrogen (secondary N) is 1. The van der Waals surface area contributed by atoms with Gasteiger partial charge in [0.05, 0.1) is 5.52 Å². The van der Waals surface area contributed by atoms with E-state index in [1.165, 1.54) is 10.7 Å². The summed E-state index contributed by atoms with van der Waals surface area (Å²) in [6.45, 7) is 6.21. The standard InChI is InChI=1S/C19H19FN4O/c1-13(12-15-6-5-7-16(20)14(15)2)10-11-21-19(25)24-18-9-4-3-8-17(18)22-23-24/h3-9H,1,10-12H2,2H3,(H,21,25). The van der Waals surface area contributed by atoms with E-state index >= 15 is 0 Å². The van der Waals surface area contributed by atoms with E-state index in [0.29, 0.717) is 36.0 Å². The predicted molar refractivity (Wildman–Crippen MR) is 94.9 cm³/mol. The summed E-state index contributed by atoms with van der Waals surface area (Å²) in [5.74, 6) is -0.211. The molecule has 25 heavy (non-hydrogen) atoms. The average molecular weight is 338 g/mol. The lowest BCUT2D eigenvalue weighted by atomic mass is 9.99. The van der Waals surface area contributed by atoms with Gasteiger partial charge in [0.2, 0.25) is 0 Å². The highest BCUT2D eigenvalue weighted by Crippen LogP contribution is 2.16. The molecule has 0 aliphatic heterocycles. The Bertz CT molecular complexity index is 932. The van der Waals surface area contributed by atoms with Crippen molar-refractivity contribution in [2.75, 3.05) is 6.54 Å². The zero-order valence-electron chi connectivity index (χ0n) is 14.0. The third kappa shape index (κ3) is 3.74. The molecule has 0 unspecified atom stereocenters. The van der Waals surface area contributed by atoms with Crippen LogP contribution < -0.4 is 5.32 Å². The summed E-state index contributed by atoms with van der Waals surface area (Å²) in [7, 11) is 0. The van der Waals surface area contributed by atoms with E-state index in [2.05, 4.69) is 22.2 Å². The Labute approximate surface area is 145 Å². The number of halogens is 1. The summed E-state index contributed by atoms with van der Waals surface area (Å²) in [6, 6.07) is 12.0. The molecule has 0 saturated heterocycles. The molecule has 2 aromatic carbocycles. The third-order valence-electron chi connectivity index (χ3n) is 4.12. The molecule has 3 aromatic rings. The molecule has 6 heteroatoms. The average Bonchev–Trinajstić information content (AvgIpc) is 3.03. The minimum Gasteiger partial charge on any atom is -0.336 e. The maximum atomic E-state index is 13.6. The molecule has 0 aliphatic carbocycles. The van der Waals surface area contributed by atoms with Gasteiger partial charge in [-0.25, -0.2) is 9.18 Å². The van der Waals surface area contributed by atoms with E-state index in [9.17, 15) is 9.18 Å². The van der Waals surface area contributed by atoms with Gasteiger partial charge >= 0.3 is 6.03 Å². The van der Waals surface area contributed by atoms with Crippen LogP contribution in [-0.4, -0.2) is 27.6 Å². The number of amides is 1. The van der Waals surface area contributed by atoms with E-state index in [1.807, 2.05) is 18.2 Å². The third-order valence-corrected chi connectivity index (χ3v) is 4.12. The Morgan fingerprint density at radius 2 is 2.04 bits per heavy atom. The van der Waals surface area contributed by atoms with Crippen LogP contribution in [0.1, 0.15) is 17.5 Å². The highest BCUT2D eigenvalue weighted by Gasteiger charge is 2.11. The van der Waals surface area contributed by atoms with Crippen molar-refractivity contribution in [3.8, 4) is 0 Å². The van der Waals surface area contributed by atoms with Crippen LogP contribution in [-0.2, 0) is 6.42 Å². The van der Waals surface area contributed by atoms with Crippen molar-refractivity contribution in [1.29, 1.82) is 0 Å². The summed E-state index contributed by atoms with van der Waals surface area (Å²) in [5.41, 5.74) is 3.82. The summed E-state index contributed by atoms with van der Waals surface area (Å²) in [4.78, 5) is 12.2. The molecule has 3 rings (SSSR count). The molecular formula is C19H19FN4O. The normalized spacial score (nSPS) is 10.8. The predicted octanol–water partition coefficient (Wildman–Crippen LogP) is 3.63. The van der Waals surface area contributed by atoms with Crippen LogP contribution in [0.15, 0.2) is 54.6 Å². The van der Waals surface area contributed by atoms with Crippen LogP contribution in [0.5, 0.6) is 0 Å². The molecule has 0 fully saturated rings. The number of fused-ring (bicyclic) bond motifs is 1. The lowest BCUT2D eigenvalue weighted by Gasteiger charge is -2.10. The first kappa shape index (κ1) is 16.8. The molecule has 1 heterocycles. The van der Waals surface area contributed by atoms with Gasteiger partial charge in [0.1, 0.15) is 11.3 Å². The maximum Gasteiger partial charge on any atom is 0.344 e. The zero-order valence-corrected chi connectivity index (χ0v) is 14.0. The SMILES string of the molecule is C=C(CCNC(=O)n1nnc2ccccc21)Cc1cccc(F)c1C. The molecule has 1 amide bonds. The Morgan fingerprint density at radius 1 is 1.24 bits per heavy atom. The van der Waals surface area contributed by atoms with E-state index in [-0.39, 0.29) is 11.8 Å². The van der Waals surface area contributed by atoms with Gasteiger partial charge in [0.15, 0.2) is 0 Å². The fourth-order valence-corrected chi connectivity index (χ4v) is 2.64. The van der Waals surface area contributed by atoms with E-state index < -0.39 is 0 Å². The minimum atomic E-state index is -0.330. The molecular weight excluding hydrogens is 319 g/mol. The Kier molecular flexibility index (Phi) is 4.88. The second-order valence-corrected chi connectivity index (χ2v) is 5.92. The lowest BCUT2D eigenvalue weighted by molar-refractivity contribution is 0.240. The highest BCUT2D eigenvalue weighted by molar-refractivity contribution is 5.87. The largest absolute Gasteiger partial charge is 0.344 e. The van der Waals surface area contributed by atoms with Crippen LogP contribution in [0, 0.1) is 12.7 Å². The minimum absolute atomic E-state index is 0.211. The number of aromatic nitrogens is 3. The molecule has 0 saturated carbocycles. The summed E-state index contributed by atoms with van der Waals surface area (Å²) < 4.78 is 14.8. The molecule has 0 atom stereocenters. The number of carbonyl (C=O) groups excluding carboxylic acids is 1. The van der Waals surface area contributed by atoms with Gasteiger partial charge in [-0.1, -0.05) is 41.6 Å². The first-order valence-corrected chi connectivity index (χ1v) is 8.05. The molecule has 1 aromatic heterocycles. The number of carbonyl (C=O) groups is 1. The number of hydrogen-bond acceptors (Lipinski definition) is 3. The van der Waals surface area contributed by atoms with Crippen LogP contribution in [0.3, 0.4) is 0 Å². The van der Waals surface area contributed by atoms with Crippen molar-refractivity contribution in [1.82, 2.24) is 20.3 Å². The molecule has 0 bridgehead atoms. The van der Waals surface area contributed by atoms with E-state index in [1.54, 1.807) is 25.1 Å². The first-order chi connectivity index (χ1) is 12.1. The van der Waals surface area contributed by atoms with Gasteiger partial charge in [-0.15, -0.1) is 5.10 Å². The fraction of sp³-hybridized carbons (Fsp3) is 0.211. The van der Waals surface area contributed by atoms with Crippen molar-refractivity contribution < 1.29 is 9.18 Å². The second kappa shape index (κ2) is 7.25. The van der Waals surface area contributed by atoms with E-state index in [4.69, 9.17) is 0 Å². The summed E-state index contributed by atoms with van der Waals surface area (Å²) in [5, 5.41) is 10.6. The molecule has 5 nitrogen and oxygen atoms in total. The molecule has 128 valence electrons. The molecule has 0 spiro atoms. The maximum absolute atomic E-state index is 13.6. The number of rotatable bonds is 5. The Hall–Kier alpha value is -3.02. The number of benzene rings is 2. The van der Waals surface area contributed by atoms with Gasteiger partial charge in [-0.05, 0) is 49.1 Å².